The molecule has 1 N–H and O–H groups in total. The molecule has 7 nitrogen and oxygen atoms in total. The molecule has 1 aromatic rings. The van der Waals surface area contributed by atoms with Crippen LogP contribution in [0.1, 0.15) is 6.42 Å². The van der Waals surface area contributed by atoms with E-state index in [-0.39, 0.29) is 36.8 Å². The Balaban J connectivity index is 0.00000132. The number of piperazine rings is 1. The number of anilines is 1. The van der Waals surface area contributed by atoms with Crippen molar-refractivity contribution < 1.29 is 9.53 Å². The van der Waals surface area contributed by atoms with Gasteiger partial charge in [-0.1, -0.05) is 0 Å². The van der Waals surface area contributed by atoms with Crippen LogP contribution in [0, 0.1) is 0 Å². The van der Waals surface area contributed by atoms with Crippen LogP contribution in [0.15, 0.2) is 18.6 Å². The zero-order chi connectivity index (χ0) is 14.5. The highest BCUT2D eigenvalue weighted by Gasteiger charge is 2.25. The van der Waals surface area contributed by atoms with Crippen LogP contribution in [0.2, 0.25) is 0 Å². The fourth-order valence-corrected chi connectivity index (χ4v) is 2.71. The van der Waals surface area contributed by atoms with Crippen molar-refractivity contribution >= 4 is 36.5 Å². The Morgan fingerprint density at radius 2 is 2.04 bits per heavy atom. The molecule has 1 amide bonds. The number of morpholine rings is 1. The number of hydrogen-bond donors (Lipinski definition) is 1. The van der Waals surface area contributed by atoms with Gasteiger partial charge in [0.15, 0.2) is 0 Å². The van der Waals surface area contributed by atoms with Crippen molar-refractivity contribution in [2.24, 2.45) is 0 Å². The Morgan fingerprint density at radius 3 is 2.65 bits per heavy atom. The van der Waals surface area contributed by atoms with E-state index in [0.29, 0.717) is 13.0 Å². The van der Waals surface area contributed by atoms with Gasteiger partial charge in [-0.25, -0.2) is 4.98 Å². The first-order valence-corrected chi connectivity index (χ1v) is 7.44. The van der Waals surface area contributed by atoms with Crippen LogP contribution in [0.4, 0.5) is 5.82 Å². The van der Waals surface area contributed by atoms with Gasteiger partial charge in [-0.15, -0.1) is 24.8 Å². The molecule has 0 aromatic carbocycles. The summed E-state index contributed by atoms with van der Waals surface area (Å²) in [6, 6.07) is 0. The molecule has 1 atom stereocenters. The minimum atomic E-state index is 0. The molecule has 2 saturated heterocycles. The van der Waals surface area contributed by atoms with Gasteiger partial charge in [0.1, 0.15) is 5.82 Å². The summed E-state index contributed by atoms with van der Waals surface area (Å²) >= 11 is 0. The van der Waals surface area contributed by atoms with Crippen molar-refractivity contribution in [3.8, 4) is 0 Å². The van der Waals surface area contributed by atoms with Crippen molar-refractivity contribution in [1.82, 2.24) is 20.2 Å². The molecule has 0 spiro atoms. The molecule has 2 fully saturated rings. The monoisotopic (exact) mass is 363 g/mol. The first-order chi connectivity index (χ1) is 10.3. The van der Waals surface area contributed by atoms with Crippen molar-refractivity contribution in [1.29, 1.82) is 0 Å². The molecule has 0 saturated carbocycles. The first kappa shape index (κ1) is 19.9. The third-order valence-corrected chi connectivity index (χ3v) is 3.91. The van der Waals surface area contributed by atoms with Crippen LogP contribution in [0.25, 0.3) is 0 Å². The Bertz CT molecular complexity index is 465. The predicted molar refractivity (Wildman–Crippen MR) is 92.5 cm³/mol. The maximum atomic E-state index is 12.3. The SMILES string of the molecule is Cl.Cl.O=C(CC1CNCCO1)N1CCN(c2cnccn2)CC1. The largest absolute Gasteiger partial charge is 0.375 e. The molecular weight excluding hydrogens is 341 g/mol. The maximum Gasteiger partial charge on any atom is 0.225 e. The van der Waals surface area contributed by atoms with E-state index in [1.165, 1.54) is 0 Å². The van der Waals surface area contributed by atoms with Gasteiger partial charge in [-0.3, -0.25) is 9.78 Å². The number of carbonyl (C=O) groups excluding carboxylic acids is 1. The summed E-state index contributed by atoms with van der Waals surface area (Å²) in [5.74, 6) is 1.06. The molecule has 130 valence electrons. The number of halogens is 2. The summed E-state index contributed by atoms with van der Waals surface area (Å²) in [7, 11) is 0. The molecule has 23 heavy (non-hydrogen) atoms. The molecule has 0 bridgehead atoms. The number of hydrogen-bond acceptors (Lipinski definition) is 6. The van der Waals surface area contributed by atoms with Gasteiger partial charge < -0.3 is 19.9 Å². The molecule has 1 unspecified atom stereocenters. The average Bonchev–Trinajstić information content (AvgIpc) is 2.57. The third-order valence-electron chi connectivity index (χ3n) is 3.91. The van der Waals surface area contributed by atoms with Crippen LogP contribution in [-0.2, 0) is 9.53 Å². The quantitative estimate of drug-likeness (QED) is 0.835. The van der Waals surface area contributed by atoms with E-state index < -0.39 is 0 Å². The molecule has 3 heterocycles. The minimum Gasteiger partial charge on any atom is -0.375 e. The third kappa shape index (κ3) is 5.46. The number of aromatic nitrogens is 2. The zero-order valence-corrected chi connectivity index (χ0v) is 14.5. The summed E-state index contributed by atoms with van der Waals surface area (Å²) in [5, 5.41) is 3.25. The second-order valence-electron chi connectivity index (χ2n) is 5.33. The fourth-order valence-electron chi connectivity index (χ4n) is 2.71. The zero-order valence-electron chi connectivity index (χ0n) is 12.9. The number of rotatable bonds is 3. The molecule has 1 aromatic heterocycles. The van der Waals surface area contributed by atoms with Crippen LogP contribution in [-0.4, -0.2) is 72.8 Å². The summed E-state index contributed by atoms with van der Waals surface area (Å²) < 4.78 is 5.59. The highest BCUT2D eigenvalue weighted by Crippen LogP contribution is 2.13. The Kier molecular flexibility index (Phi) is 8.54. The van der Waals surface area contributed by atoms with Crippen LogP contribution in [0.5, 0.6) is 0 Å². The van der Waals surface area contributed by atoms with Crippen molar-refractivity contribution in [2.75, 3.05) is 50.8 Å². The van der Waals surface area contributed by atoms with Gasteiger partial charge >= 0.3 is 0 Å². The smallest absolute Gasteiger partial charge is 0.225 e. The van der Waals surface area contributed by atoms with Crippen LogP contribution in [0.3, 0.4) is 0 Å². The lowest BCUT2D eigenvalue weighted by molar-refractivity contribution is -0.135. The predicted octanol–water partition coefficient (Wildman–Crippen LogP) is 0.347. The van der Waals surface area contributed by atoms with E-state index in [9.17, 15) is 4.79 Å². The van der Waals surface area contributed by atoms with Gasteiger partial charge in [0.2, 0.25) is 5.91 Å². The van der Waals surface area contributed by atoms with Gasteiger partial charge in [0, 0.05) is 51.7 Å². The Morgan fingerprint density at radius 1 is 1.26 bits per heavy atom. The summed E-state index contributed by atoms with van der Waals surface area (Å²) in [5.41, 5.74) is 0. The number of amides is 1. The molecule has 0 aliphatic carbocycles. The second kappa shape index (κ2) is 9.87. The molecular formula is C14H23Cl2N5O2. The maximum absolute atomic E-state index is 12.3. The Labute approximate surface area is 148 Å². The number of nitrogens with zero attached hydrogens (tertiary/aromatic N) is 4. The topological polar surface area (TPSA) is 70.6 Å². The minimum absolute atomic E-state index is 0. The van der Waals surface area contributed by atoms with Crippen molar-refractivity contribution in [3.63, 3.8) is 0 Å². The Hall–Kier alpha value is -1.15. The molecule has 3 rings (SSSR count). The van der Waals surface area contributed by atoms with Gasteiger partial charge in [0.25, 0.3) is 0 Å². The molecule has 2 aliphatic heterocycles. The highest BCUT2D eigenvalue weighted by molar-refractivity contribution is 5.85. The number of ether oxygens (including phenoxy) is 1. The van der Waals surface area contributed by atoms with Crippen molar-refractivity contribution in [2.45, 2.75) is 12.5 Å². The first-order valence-electron chi connectivity index (χ1n) is 7.44. The van der Waals surface area contributed by atoms with Gasteiger partial charge in [-0.2, -0.15) is 0 Å². The lowest BCUT2D eigenvalue weighted by Crippen LogP contribution is -2.50. The molecule has 9 heteroatoms. The standard InChI is InChI=1S/C14H21N5O2.2ClH/c20-14(9-12-10-16-3-8-21-12)19-6-4-18(5-7-19)13-11-15-1-2-17-13;;/h1-2,11-12,16H,3-10H2;2*1H. The van der Waals surface area contributed by atoms with E-state index in [4.69, 9.17) is 4.74 Å². The average molecular weight is 364 g/mol. The van der Waals surface area contributed by atoms with Crippen LogP contribution >= 0.6 is 24.8 Å². The summed E-state index contributed by atoms with van der Waals surface area (Å²) in [6.07, 6.45) is 5.61. The van der Waals surface area contributed by atoms with E-state index in [1.54, 1.807) is 18.6 Å². The van der Waals surface area contributed by atoms with Gasteiger partial charge in [-0.05, 0) is 0 Å². The van der Waals surface area contributed by atoms with Crippen molar-refractivity contribution in [3.05, 3.63) is 18.6 Å². The second-order valence-corrected chi connectivity index (χ2v) is 5.33. The van der Waals surface area contributed by atoms with Gasteiger partial charge in [0.05, 0.1) is 25.3 Å². The molecule has 0 radical (unpaired) electrons. The number of nitrogens with one attached hydrogen (secondary N) is 1. The lowest BCUT2D eigenvalue weighted by Gasteiger charge is -2.36. The highest BCUT2D eigenvalue weighted by atomic mass is 35.5. The summed E-state index contributed by atoms with van der Waals surface area (Å²) in [4.78, 5) is 24.7. The van der Waals surface area contributed by atoms with Crippen LogP contribution < -0.4 is 10.2 Å². The van der Waals surface area contributed by atoms with E-state index in [2.05, 4.69) is 20.2 Å². The number of carbonyl (C=O) groups is 1. The van der Waals surface area contributed by atoms with E-state index >= 15 is 0 Å². The summed E-state index contributed by atoms with van der Waals surface area (Å²) in [6.45, 7) is 5.40. The van der Waals surface area contributed by atoms with E-state index in [0.717, 1.165) is 45.1 Å². The molecule has 2 aliphatic rings. The fraction of sp³-hybridized carbons (Fsp3) is 0.643. The lowest BCUT2D eigenvalue weighted by atomic mass is 10.2. The van der Waals surface area contributed by atoms with E-state index in [1.807, 2.05) is 4.90 Å². The normalized spacial score (nSPS) is 21.1.